The second kappa shape index (κ2) is 4.67. The molecule has 2 rings (SSSR count). The first-order valence-corrected chi connectivity index (χ1v) is 7.44. The molecule has 0 aromatic carbocycles. The van der Waals surface area contributed by atoms with Crippen molar-refractivity contribution in [3.8, 4) is 0 Å². The fraction of sp³-hybridized carbons (Fsp3) is 0.200. The molecule has 0 radical (unpaired) electrons. The number of nitrogens with one attached hydrogen (secondary N) is 1. The second-order valence-corrected chi connectivity index (χ2v) is 6.59. The van der Waals surface area contributed by atoms with Gasteiger partial charge >= 0.3 is 5.97 Å². The molecule has 7 nitrogen and oxygen atoms in total. The van der Waals surface area contributed by atoms with Crippen LogP contribution >= 0.6 is 11.3 Å². The Kier molecular flexibility index (Phi) is 3.33. The number of carboxylic acid groups (broad SMARTS) is 1. The van der Waals surface area contributed by atoms with Crippen LogP contribution in [0.15, 0.2) is 23.6 Å². The van der Waals surface area contributed by atoms with Gasteiger partial charge in [-0.15, -0.1) is 11.3 Å². The van der Waals surface area contributed by atoms with Crippen molar-refractivity contribution < 1.29 is 18.3 Å². The Balaban J connectivity index is 2.31. The minimum Gasteiger partial charge on any atom is -0.477 e. The number of thiophene rings is 1. The summed E-state index contributed by atoms with van der Waals surface area (Å²) in [4.78, 5) is 14.8. The van der Waals surface area contributed by atoms with Crippen molar-refractivity contribution in [1.82, 2.24) is 9.55 Å². The molecule has 19 heavy (non-hydrogen) atoms. The van der Waals surface area contributed by atoms with Crippen LogP contribution < -0.4 is 4.72 Å². The van der Waals surface area contributed by atoms with E-state index in [0.717, 1.165) is 11.3 Å². The van der Waals surface area contributed by atoms with Crippen molar-refractivity contribution in [2.75, 3.05) is 4.72 Å². The van der Waals surface area contributed by atoms with Crippen LogP contribution in [-0.4, -0.2) is 29.0 Å². The molecule has 2 aromatic rings. The third-order valence-corrected chi connectivity index (χ3v) is 4.82. The number of aromatic nitrogens is 2. The molecule has 0 fully saturated rings. The van der Waals surface area contributed by atoms with Crippen molar-refractivity contribution >= 4 is 32.3 Å². The summed E-state index contributed by atoms with van der Waals surface area (Å²) in [5, 5.41) is 9.05. The Morgan fingerprint density at radius 1 is 1.53 bits per heavy atom. The monoisotopic (exact) mass is 301 g/mol. The first kappa shape index (κ1) is 13.6. The highest BCUT2D eigenvalue weighted by molar-refractivity contribution is 7.92. The average molecular weight is 301 g/mol. The van der Waals surface area contributed by atoms with E-state index in [1.165, 1.54) is 23.2 Å². The largest absolute Gasteiger partial charge is 0.477 e. The number of sulfonamides is 1. The predicted molar refractivity (Wildman–Crippen MR) is 70.0 cm³/mol. The average Bonchev–Trinajstić information content (AvgIpc) is 2.85. The van der Waals surface area contributed by atoms with Gasteiger partial charge in [0, 0.05) is 13.2 Å². The number of rotatable bonds is 4. The van der Waals surface area contributed by atoms with Crippen molar-refractivity contribution in [1.29, 1.82) is 0 Å². The van der Waals surface area contributed by atoms with Crippen LogP contribution in [0.1, 0.15) is 15.2 Å². The van der Waals surface area contributed by atoms with Gasteiger partial charge < -0.3 is 9.67 Å². The topological polar surface area (TPSA) is 101 Å². The summed E-state index contributed by atoms with van der Waals surface area (Å²) in [5.74, 6) is -1.08. The maximum Gasteiger partial charge on any atom is 0.346 e. The fourth-order valence-electron chi connectivity index (χ4n) is 1.46. The maximum atomic E-state index is 12.0. The summed E-state index contributed by atoms with van der Waals surface area (Å²) in [6.07, 6.45) is 2.73. The molecule has 0 aliphatic heterocycles. The summed E-state index contributed by atoms with van der Waals surface area (Å²) in [6, 6.07) is 1.48. The number of imidazole rings is 1. The van der Waals surface area contributed by atoms with Gasteiger partial charge in [-0.25, -0.2) is 9.78 Å². The third-order valence-electron chi connectivity index (χ3n) is 2.30. The van der Waals surface area contributed by atoms with E-state index in [1.807, 2.05) is 0 Å². The molecule has 2 heterocycles. The molecular formula is C10H11N3O4S2. The number of anilines is 1. The Morgan fingerprint density at radius 3 is 2.68 bits per heavy atom. The first-order valence-electron chi connectivity index (χ1n) is 5.14. The third kappa shape index (κ3) is 2.76. The highest BCUT2D eigenvalue weighted by Gasteiger charge is 2.20. The van der Waals surface area contributed by atoms with E-state index >= 15 is 0 Å². The van der Waals surface area contributed by atoms with Crippen molar-refractivity contribution in [3.63, 3.8) is 0 Å². The number of carbonyl (C=O) groups is 1. The molecule has 9 heteroatoms. The summed E-state index contributed by atoms with van der Waals surface area (Å²) in [6.45, 7) is 1.61. The number of carboxylic acids is 1. The lowest BCUT2D eigenvalue weighted by molar-refractivity contribution is 0.0701. The minimum absolute atomic E-state index is 0.110. The zero-order chi connectivity index (χ0) is 14.2. The molecule has 0 spiro atoms. The van der Waals surface area contributed by atoms with Crippen molar-refractivity contribution in [2.45, 2.75) is 11.9 Å². The van der Waals surface area contributed by atoms with E-state index in [9.17, 15) is 13.2 Å². The van der Waals surface area contributed by atoms with Gasteiger partial charge in [-0.05, 0) is 18.6 Å². The normalized spacial score (nSPS) is 11.5. The lowest BCUT2D eigenvalue weighted by Crippen LogP contribution is -2.12. The summed E-state index contributed by atoms with van der Waals surface area (Å²) >= 11 is 0.872. The van der Waals surface area contributed by atoms with E-state index in [2.05, 4.69) is 9.71 Å². The number of hydrogen-bond acceptors (Lipinski definition) is 5. The van der Waals surface area contributed by atoms with Crippen LogP contribution in [0.2, 0.25) is 0 Å². The molecule has 102 valence electrons. The van der Waals surface area contributed by atoms with E-state index in [0.29, 0.717) is 5.56 Å². The first-order chi connectivity index (χ1) is 8.79. The van der Waals surface area contributed by atoms with Gasteiger partial charge in [-0.2, -0.15) is 8.42 Å². The van der Waals surface area contributed by atoms with Gasteiger partial charge in [-0.1, -0.05) is 0 Å². The zero-order valence-corrected chi connectivity index (χ0v) is 11.7. The van der Waals surface area contributed by atoms with E-state index in [4.69, 9.17) is 5.11 Å². The number of aryl methyl sites for hydroxylation is 2. The SMILES string of the molecule is Cc1cc(NS(=O)(=O)c2cn(C)cn2)sc1C(=O)O. The smallest absolute Gasteiger partial charge is 0.346 e. The number of hydrogen-bond donors (Lipinski definition) is 2. The zero-order valence-electron chi connectivity index (χ0n) is 10.1. The Bertz CT molecular complexity index is 730. The molecule has 0 saturated heterocycles. The van der Waals surface area contributed by atoms with Gasteiger partial charge in [0.15, 0.2) is 5.03 Å². The van der Waals surface area contributed by atoms with Crippen LogP contribution in [0.3, 0.4) is 0 Å². The maximum absolute atomic E-state index is 12.0. The second-order valence-electron chi connectivity index (χ2n) is 3.91. The molecule has 0 unspecified atom stereocenters. The molecule has 0 bridgehead atoms. The van der Waals surface area contributed by atoms with Crippen LogP contribution in [0, 0.1) is 6.92 Å². The van der Waals surface area contributed by atoms with E-state index in [1.54, 1.807) is 14.0 Å². The van der Waals surface area contributed by atoms with Crippen LogP contribution in [0.4, 0.5) is 5.00 Å². The Hall–Kier alpha value is -1.87. The molecule has 2 N–H and O–H groups in total. The van der Waals surface area contributed by atoms with Gasteiger partial charge in [-0.3, -0.25) is 4.72 Å². The molecule has 0 aliphatic carbocycles. The van der Waals surface area contributed by atoms with E-state index in [-0.39, 0.29) is 14.9 Å². The van der Waals surface area contributed by atoms with E-state index < -0.39 is 16.0 Å². The molecular weight excluding hydrogens is 290 g/mol. The Morgan fingerprint density at radius 2 is 2.21 bits per heavy atom. The van der Waals surface area contributed by atoms with Crippen molar-refractivity contribution in [2.24, 2.45) is 7.05 Å². The standard InChI is InChI=1S/C10H11N3O4S2/c1-6-3-7(18-9(6)10(14)15)12-19(16,17)8-4-13(2)5-11-8/h3-5,12H,1-2H3,(H,14,15). The highest BCUT2D eigenvalue weighted by atomic mass is 32.2. The van der Waals surface area contributed by atoms with Crippen LogP contribution in [-0.2, 0) is 17.1 Å². The molecule has 0 saturated carbocycles. The lowest BCUT2D eigenvalue weighted by atomic mass is 10.3. The quantitative estimate of drug-likeness (QED) is 0.886. The lowest BCUT2D eigenvalue weighted by Gasteiger charge is -2.01. The summed E-state index contributed by atoms with van der Waals surface area (Å²) in [5.41, 5.74) is 0.510. The van der Waals surface area contributed by atoms with Crippen LogP contribution in [0.25, 0.3) is 0 Å². The minimum atomic E-state index is -3.79. The Labute approximate surface area is 113 Å². The summed E-state index contributed by atoms with van der Waals surface area (Å²) in [7, 11) is -2.13. The predicted octanol–water partition coefficient (Wildman–Crippen LogP) is 1.29. The highest BCUT2D eigenvalue weighted by Crippen LogP contribution is 2.28. The van der Waals surface area contributed by atoms with Gasteiger partial charge in [0.25, 0.3) is 10.0 Å². The fourth-order valence-corrected chi connectivity index (χ4v) is 3.63. The van der Waals surface area contributed by atoms with Crippen LogP contribution in [0.5, 0.6) is 0 Å². The molecule has 0 amide bonds. The number of nitrogens with zero attached hydrogens (tertiary/aromatic N) is 2. The number of aromatic carboxylic acids is 1. The summed E-state index contributed by atoms with van der Waals surface area (Å²) < 4.78 is 27.8. The molecule has 2 aromatic heterocycles. The van der Waals surface area contributed by atoms with Gasteiger partial charge in [0.1, 0.15) is 9.88 Å². The molecule has 0 aliphatic rings. The molecule has 0 atom stereocenters. The van der Waals surface area contributed by atoms with Crippen molar-refractivity contribution in [3.05, 3.63) is 29.0 Å². The van der Waals surface area contributed by atoms with Gasteiger partial charge in [0.05, 0.1) is 6.33 Å². The van der Waals surface area contributed by atoms with Gasteiger partial charge in [0.2, 0.25) is 0 Å².